The molecule has 0 radical (unpaired) electrons. The summed E-state index contributed by atoms with van der Waals surface area (Å²) in [4.78, 5) is 24.1. The second-order valence-electron chi connectivity index (χ2n) is 4.34. The van der Waals surface area contributed by atoms with Crippen LogP contribution in [0.5, 0.6) is 0 Å². The molecule has 1 unspecified atom stereocenters. The topological polar surface area (TPSA) is 69.6 Å². The van der Waals surface area contributed by atoms with Crippen LogP contribution in [0.1, 0.15) is 13.8 Å². The number of urea groups is 1. The van der Waals surface area contributed by atoms with E-state index in [2.05, 4.69) is 5.32 Å². The predicted molar refractivity (Wildman–Crippen MR) is 74.5 cm³/mol. The molecule has 0 saturated heterocycles. The number of aliphatic carboxylic acids is 1. The van der Waals surface area contributed by atoms with Crippen molar-refractivity contribution in [3.05, 3.63) is 29.0 Å². The van der Waals surface area contributed by atoms with Gasteiger partial charge in [0.2, 0.25) is 0 Å². The zero-order valence-corrected chi connectivity index (χ0v) is 11.9. The lowest BCUT2D eigenvalue weighted by Crippen LogP contribution is -2.39. The molecule has 0 heterocycles. The minimum atomic E-state index is -0.978. The Balaban J connectivity index is 2.72. The number of nitrogens with zero attached hydrogens (tertiary/aromatic N) is 1. The number of carboxylic acids is 1. The molecule has 1 rings (SSSR count). The van der Waals surface area contributed by atoms with Gasteiger partial charge >= 0.3 is 12.0 Å². The molecule has 0 aliphatic rings. The van der Waals surface area contributed by atoms with Gasteiger partial charge in [0.05, 0.1) is 10.9 Å². The summed E-state index contributed by atoms with van der Waals surface area (Å²) in [7, 11) is 0. The molecular weight excluding hydrogens is 287 g/mol. The number of anilines is 1. The molecule has 2 amide bonds. The summed E-state index contributed by atoms with van der Waals surface area (Å²) in [5.74, 6) is -2.29. The van der Waals surface area contributed by atoms with Crippen molar-refractivity contribution < 1.29 is 19.1 Å². The SMILES string of the molecule is CCN(CC(C)C(=O)O)C(=O)Nc1ccc(Cl)c(F)c1. The molecule has 0 bridgehead atoms. The van der Waals surface area contributed by atoms with Crippen LogP contribution in [0.25, 0.3) is 0 Å². The van der Waals surface area contributed by atoms with Gasteiger partial charge in [0, 0.05) is 18.8 Å². The predicted octanol–water partition coefficient (Wildman–Crippen LogP) is 3.05. The molecule has 0 saturated carbocycles. The van der Waals surface area contributed by atoms with Gasteiger partial charge in [-0.2, -0.15) is 0 Å². The average molecular weight is 303 g/mol. The molecule has 0 aromatic heterocycles. The van der Waals surface area contributed by atoms with Gasteiger partial charge in [-0.05, 0) is 25.1 Å². The summed E-state index contributed by atoms with van der Waals surface area (Å²) < 4.78 is 13.3. The summed E-state index contributed by atoms with van der Waals surface area (Å²) in [6.45, 7) is 3.67. The Kier molecular flexibility index (Phi) is 5.76. The molecule has 0 fully saturated rings. The van der Waals surface area contributed by atoms with Crippen molar-refractivity contribution in [1.82, 2.24) is 4.90 Å². The van der Waals surface area contributed by atoms with E-state index < -0.39 is 23.7 Å². The van der Waals surface area contributed by atoms with Crippen LogP contribution >= 0.6 is 11.6 Å². The van der Waals surface area contributed by atoms with Crippen molar-refractivity contribution >= 4 is 29.3 Å². The Morgan fingerprint density at radius 2 is 2.15 bits per heavy atom. The molecule has 0 aliphatic heterocycles. The van der Waals surface area contributed by atoms with Crippen LogP contribution in [0, 0.1) is 11.7 Å². The van der Waals surface area contributed by atoms with Crippen LogP contribution in [-0.4, -0.2) is 35.1 Å². The van der Waals surface area contributed by atoms with Crippen LogP contribution < -0.4 is 5.32 Å². The third-order valence-corrected chi connectivity index (χ3v) is 3.06. The van der Waals surface area contributed by atoms with E-state index in [0.717, 1.165) is 6.07 Å². The minimum Gasteiger partial charge on any atom is -0.481 e. The van der Waals surface area contributed by atoms with Crippen LogP contribution in [0.3, 0.4) is 0 Å². The fourth-order valence-corrected chi connectivity index (χ4v) is 1.66. The van der Waals surface area contributed by atoms with Crippen LogP contribution in [-0.2, 0) is 4.79 Å². The maximum atomic E-state index is 13.3. The number of hydrogen-bond donors (Lipinski definition) is 2. The molecule has 7 heteroatoms. The number of carboxylic acid groups (broad SMARTS) is 1. The molecule has 20 heavy (non-hydrogen) atoms. The summed E-state index contributed by atoms with van der Waals surface area (Å²) >= 11 is 5.55. The molecule has 1 aromatic rings. The van der Waals surface area contributed by atoms with Gasteiger partial charge in [0.1, 0.15) is 5.82 Å². The molecule has 1 atom stereocenters. The van der Waals surface area contributed by atoms with Gasteiger partial charge in [-0.3, -0.25) is 4.79 Å². The monoisotopic (exact) mass is 302 g/mol. The van der Waals surface area contributed by atoms with Crippen LogP contribution in [0.4, 0.5) is 14.9 Å². The highest BCUT2D eigenvalue weighted by Gasteiger charge is 2.19. The maximum absolute atomic E-state index is 13.3. The third-order valence-electron chi connectivity index (χ3n) is 2.76. The fourth-order valence-electron chi connectivity index (χ4n) is 1.54. The molecule has 2 N–H and O–H groups in total. The van der Waals surface area contributed by atoms with Gasteiger partial charge in [0.15, 0.2) is 0 Å². The van der Waals surface area contributed by atoms with Gasteiger partial charge in [-0.15, -0.1) is 0 Å². The van der Waals surface area contributed by atoms with Gasteiger partial charge in [0.25, 0.3) is 0 Å². The summed E-state index contributed by atoms with van der Waals surface area (Å²) in [5.41, 5.74) is 0.262. The van der Waals surface area contributed by atoms with E-state index in [-0.39, 0.29) is 17.3 Å². The Bertz CT molecular complexity index is 510. The lowest BCUT2D eigenvalue weighted by Gasteiger charge is -2.23. The second kappa shape index (κ2) is 7.09. The van der Waals surface area contributed by atoms with E-state index in [4.69, 9.17) is 16.7 Å². The zero-order valence-electron chi connectivity index (χ0n) is 11.2. The van der Waals surface area contributed by atoms with E-state index >= 15 is 0 Å². The van der Waals surface area contributed by atoms with Crippen molar-refractivity contribution in [2.45, 2.75) is 13.8 Å². The molecule has 1 aromatic carbocycles. The highest BCUT2D eigenvalue weighted by molar-refractivity contribution is 6.30. The number of hydrogen-bond acceptors (Lipinski definition) is 2. The Labute approximate surface area is 121 Å². The van der Waals surface area contributed by atoms with Crippen molar-refractivity contribution in [3.63, 3.8) is 0 Å². The molecule has 5 nitrogen and oxygen atoms in total. The van der Waals surface area contributed by atoms with E-state index in [9.17, 15) is 14.0 Å². The lowest BCUT2D eigenvalue weighted by atomic mass is 10.2. The first-order chi connectivity index (χ1) is 9.35. The standard InChI is InChI=1S/C13H16ClFN2O3/c1-3-17(7-8(2)12(18)19)13(20)16-9-4-5-10(14)11(15)6-9/h4-6,8H,3,7H2,1-2H3,(H,16,20)(H,18,19). The molecule has 0 spiro atoms. The van der Waals surface area contributed by atoms with Gasteiger partial charge in [-0.1, -0.05) is 18.5 Å². The first-order valence-corrected chi connectivity index (χ1v) is 6.46. The zero-order chi connectivity index (χ0) is 15.3. The number of nitrogens with one attached hydrogen (secondary N) is 1. The number of halogens is 2. The van der Waals surface area contributed by atoms with E-state index in [1.54, 1.807) is 6.92 Å². The van der Waals surface area contributed by atoms with Crippen molar-refractivity contribution in [2.75, 3.05) is 18.4 Å². The normalized spacial score (nSPS) is 11.8. The average Bonchev–Trinajstić information content (AvgIpc) is 2.39. The summed E-state index contributed by atoms with van der Waals surface area (Å²) in [5, 5.41) is 11.3. The van der Waals surface area contributed by atoms with Crippen LogP contribution in [0.15, 0.2) is 18.2 Å². The van der Waals surface area contributed by atoms with Crippen LogP contribution in [0.2, 0.25) is 5.02 Å². The number of carbonyl (C=O) groups is 2. The summed E-state index contributed by atoms with van der Waals surface area (Å²) in [6, 6.07) is 3.43. The van der Waals surface area contributed by atoms with E-state index in [1.165, 1.54) is 24.0 Å². The Morgan fingerprint density at radius 1 is 1.50 bits per heavy atom. The number of carbonyl (C=O) groups excluding carboxylic acids is 1. The maximum Gasteiger partial charge on any atom is 0.321 e. The fraction of sp³-hybridized carbons (Fsp3) is 0.385. The van der Waals surface area contributed by atoms with Gasteiger partial charge in [-0.25, -0.2) is 9.18 Å². The van der Waals surface area contributed by atoms with E-state index in [0.29, 0.717) is 6.54 Å². The largest absolute Gasteiger partial charge is 0.481 e. The third kappa shape index (κ3) is 4.38. The summed E-state index contributed by atoms with van der Waals surface area (Å²) in [6.07, 6.45) is 0. The number of rotatable bonds is 5. The second-order valence-corrected chi connectivity index (χ2v) is 4.74. The van der Waals surface area contributed by atoms with Crippen molar-refractivity contribution in [2.24, 2.45) is 5.92 Å². The first-order valence-electron chi connectivity index (χ1n) is 6.09. The Hall–Kier alpha value is -1.82. The number of amides is 2. The van der Waals surface area contributed by atoms with Gasteiger partial charge < -0.3 is 15.3 Å². The Morgan fingerprint density at radius 3 is 2.65 bits per heavy atom. The quantitative estimate of drug-likeness (QED) is 0.878. The minimum absolute atomic E-state index is 0.0325. The number of benzene rings is 1. The first kappa shape index (κ1) is 16.2. The van der Waals surface area contributed by atoms with Crippen molar-refractivity contribution in [1.29, 1.82) is 0 Å². The highest BCUT2D eigenvalue weighted by atomic mass is 35.5. The van der Waals surface area contributed by atoms with E-state index in [1.807, 2.05) is 0 Å². The molecule has 110 valence electrons. The lowest BCUT2D eigenvalue weighted by molar-refractivity contribution is -0.141. The smallest absolute Gasteiger partial charge is 0.321 e. The highest BCUT2D eigenvalue weighted by Crippen LogP contribution is 2.19. The molecular formula is C13H16ClFN2O3. The van der Waals surface area contributed by atoms with Crippen molar-refractivity contribution in [3.8, 4) is 0 Å². The molecule has 0 aliphatic carbocycles.